The predicted octanol–water partition coefficient (Wildman–Crippen LogP) is 3.12. The van der Waals surface area contributed by atoms with Crippen molar-refractivity contribution in [1.29, 1.82) is 0 Å². The van der Waals surface area contributed by atoms with Crippen molar-refractivity contribution in [3.8, 4) is 0 Å². The highest BCUT2D eigenvalue weighted by Crippen LogP contribution is 2.32. The average molecular weight is 357 g/mol. The van der Waals surface area contributed by atoms with Gasteiger partial charge in [-0.25, -0.2) is 0 Å². The second-order valence-electron chi connectivity index (χ2n) is 6.90. The molecule has 1 atom stereocenters. The van der Waals surface area contributed by atoms with Crippen molar-refractivity contribution in [2.45, 2.75) is 33.4 Å². The molecule has 1 amide bonds. The Bertz CT molecular complexity index is 824. The molecule has 0 N–H and O–H groups in total. The number of aryl methyl sites for hydroxylation is 1. The van der Waals surface area contributed by atoms with Crippen molar-refractivity contribution >= 4 is 23.2 Å². The summed E-state index contributed by atoms with van der Waals surface area (Å²) >= 11 is 6.32. The second kappa shape index (κ2) is 6.30. The molecule has 0 bridgehead atoms. The van der Waals surface area contributed by atoms with Crippen molar-refractivity contribution in [3.63, 3.8) is 0 Å². The number of amides is 1. The number of halogens is 1. The highest BCUT2D eigenvalue weighted by molar-refractivity contribution is 6.32. The van der Waals surface area contributed by atoms with Crippen LogP contribution in [-0.4, -0.2) is 33.9 Å². The van der Waals surface area contributed by atoms with Gasteiger partial charge >= 0.3 is 0 Å². The van der Waals surface area contributed by atoms with Gasteiger partial charge in [0.1, 0.15) is 0 Å². The van der Waals surface area contributed by atoms with Crippen LogP contribution in [0.3, 0.4) is 0 Å². The van der Waals surface area contributed by atoms with Crippen LogP contribution in [0, 0.1) is 19.8 Å². The standard InChI is InChI=1S/C19H21ClN4O/c1-12-16-10-24(11-17(16)22-13(2)18(12)20)19(25)14-5-7-23(9-14)15-4-3-6-21-8-15/h3-4,6,8,14H,5,7,9-11H2,1-2H3. The molecule has 2 aromatic heterocycles. The first kappa shape index (κ1) is 16.3. The van der Waals surface area contributed by atoms with Gasteiger partial charge in [-0.3, -0.25) is 14.8 Å². The third-order valence-electron chi connectivity index (χ3n) is 5.30. The molecule has 0 radical (unpaired) electrons. The molecule has 0 aromatic carbocycles. The number of fused-ring (bicyclic) bond motifs is 1. The number of hydrogen-bond acceptors (Lipinski definition) is 4. The molecular weight excluding hydrogens is 336 g/mol. The van der Waals surface area contributed by atoms with E-state index in [9.17, 15) is 4.79 Å². The van der Waals surface area contributed by atoms with E-state index in [2.05, 4.69) is 14.9 Å². The molecule has 0 spiro atoms. The third-order valence-corrected chi connectivity index (χ3v) is 5.86. The number of nitrogens with zero attached hydrogens (tertiary/aromatic N) is 4. The summed E-state index contributed by atoms with van der Waals surface area (Å²) in [6.45, 7) is 6.80. The number of anilines is 1. The maximum atomic E-state index is 13.0. The quantitative estimate of drug-likeness (QED) is 0.829. The van der Waals surface area contributed by atoms with E-state index in [1.165, 1.54) is 0 Å². The Morgan fingerprint density at radius 3 is 2.92 bits per heavy atom. The van der Waals surface area contributed by atoms with Crippen LogP contribution >= 0.6 is 11.6 Å². The molecular formula is C19H21ClN4O. The minimum Gasteiger partial charge on any atom is -0.369 e. The van der Waals surface area contributed by atoms with E-state index in [4.69, 9.17) is 11.6 Å². The normalized spacial score (nSPS) is 19.4. The minimum absolute atomic E-state index is 0.0337. The van der Waals surface area contributed by atoms with Gasteiger partial charge in [-0.2, -0.15) is 0 Å². The van der Waals surface area contributed by atoms with E-state index in [1.807, 2.05) is 37.1 Å². The first-order valence-electron chi connectivity index (χ1n) is 8.63. The van der Waals surface area contributed by atoms with Gasteiger partial charge in [-0.1, -0.05) is 11.6 Å². The molecule has 1 saturated heterocycles. The third kappa shape index (κ3) is 2.86. The lowest BCUT2D eigenvalue weighted by Crippen LogP contribution is -2.34. The molecule has 2 aliphatic heterocycles. The predicted molar refractivity (Wildman–Crippen MR) is 97.5 cm³/mol. The van der Waals surface area contributed by atoms with Crippen LogP contribution in [0.5, 0.6) is 0 Å². The molecule has 1 fully saturated rings. The molecule has 4 rings (SSSR count). The molecule has 2 aromatic rings. The van der Waals surface area contributed by atoms with Gasteiger partial charge in [0.2, 0.25) is 5.91 Å². The fourth-order valence-electron chi connectivity index (χ4n) is 3.86. The second-order valence-corrected chi connectivity index (χ2v) is 7.28. The summed E-state index contributed by atoms with van der Waals surface area (Å²) in [7, 11) is 0. The van der Waals surface area contributed by atoms with E-state index in [0.29, 0.717) is 13.1 Å². The van der Waals surface area contributed by atoms with E-state index >= 15 is 0 Å². The van der Waals surface area contributed by atoms with Crippen molar-refractivity contribution in [2.75, 3.05) is 18.0 Å². The number of pyridine rings is 2. The summed E-state index contributed by atoms with van der Waals surface area (Å²) in [6.07, 6.45) is 4.51. The topological polar surface area (TPSA) is 49.3 Å². The van der Waals surface area contributed by atoms with Gasteiger partial charge in [0, 0.05) is 25.8 Å². The Morgan fingerprint density at radius 2 is 2.16 bits per heavy atom. The largest absolute Gasteiger partial charge is 0.369 e. The SMILES string of the molecule is Cc1nc2c(c(C)c1Cl)CN(C(=O)C1CCN(c3cccnc3)C1)C2. The number of hydrogen-bond donors (Lipinski definition) is 0. The first-order chi connectivity index (χ1) is 12.0. The zero-order valence-electron chi connectivity index (χ0n) is 14.5. The Hall–Kier alpha value is -2.14. The van der Waals surface area contributed by atoms with Crippen molar-refractivity contribution in [2.24, 2.45) is 5.92 Å². The lowest BCUT2D eigenvalue weighted by atomic mass is 10.1. The zero-order chi connectivity index (χ0) is 17.6. The van der Waals surface area contributed by atoms with Crippen molar-refractivity contribution in [1.82, 2.24) is 14.9 Å². The number of carbonyl (C=O) groups is 1. The minimum atomic E-state index is 0.0337. The summed E-state index contributed by atoms with van der Waals surface area (Å²) in [5.74, 6) is 0.254. The lowest BCUT2D eigenvalue weighted by Gasteiger charge is -2.21. The van der Waals surface area contributed by atoms with Crippen LogP contribution in [0.1, 0.15) is 28.9 Å². The summed E-state index contributed by atoms with van der Waals surface area (Å²) in [6, 6.07) is 3.98. The maximum absolute atomic E-state index is 13.0. The number of rotatable bonds is 2. The van der Waals surface area contributed by atoms with Gasteiger partial charge in [-0.05, 0) is 43.5 Å². The highest BCUT2D eigenvalue weighted by Gasteiger charge is 2.35. The van der Waals surface area contributed by atoms with Gasteiger partial charge in [0.25, 0.3) is 0 Å². The van der Waals surface area contributed by atoms with E-state index in [0.717, 1.165) is 52.7 Å². The van der Waals surface area contributed by atoms with Crippen LogP contribution in [0.15, 0.2) is 24.5 Å². The molecule has 0 saturated carbocycles. The smallest absolute Gasteiger partial charge is 0.228 e. The summed E-state index contributed by atoms with van der Waals surface area (Å²) in [4.78, 5) is 25.9. The van der Waals surface area contributed by atoms with E-state index < -0.39 is 0 Å². The Morgan fingerprint density at radius 1 is 1.32 bits per heavy atom. The molecule has 25 heavy (non-hydrogen) atoms. The average Bonchev–Trinajstić information content (AvgIpc) is 3.27. The van der Waals surface area contributed by atoms with Gasteiger partial charge < -0.3 is 9.80 Å². The van der Waals surface area contributed by atoms with Crippen LogP contribution in [-0.2, 0) is 17.9 Å². The molecule has 0 aliphatic carbocycles. The molecule has 1 unspecified atom stereocenters. The Balaban J connectivity index is 1.47. The van der Waals surface area contributed by atoms with E-state index in [1.54, 1.807) is 6.20 Å². The number of carbonyl (C=O) groups excluding carboxylic acids is 1. The molecule has 5 nitrogen and oxygen atoms in total. The molecule has 4 heterocycles. The van der Waals surface area contributed by atoms with Crippen molar-refractivity contribution in [3.05, 3.63) is 52.1 Å². The summed E-state index contributed by atoms with van der Waals surface area (Å²) in [5, 5.41) is 0.719. The first-order valence-corrected chi connectivity index (χ1v) is 9.00. The fraction of sp³-hybridized carbons (Fsp3) is 0.421. The van der Waals surface area contributed by atoms with Crippen LogP contribution in [0.2, 0.25) is 5.02 Å². The molecule has 130 valence electrons. The van der Waals surface area contributed by atoms with Crippen LogP contribution in [0.25, 0.3) is 0 Å². The molecule has 2 aliphatic rings. The lowest BCUT2D eigenvalue weighted by molar-refractivity contribution is -0.135. The van der Waals surface area contributed by atoms with Crippen LogP contribution < -0.4 is 4.90 Å². The summed E-state index contributed by atoms with van der Waals surface area (Å²) < 4.78 is 0. The van der Waals surface area contributed by atoms with E-state index in [-0.39, 0.29) is 11.8 Å². The summed E-state index contributed by atoms with van der Waals surface area (Å²) in [5.41, 5.74) is 5.10. The Labute approximate surface area is 152 Å². The fourth-order valence-corrected chi connectivity index (χ4v) is 4.01. The number of aromatic nitrogens is 2. The maximum Gasteiger partial charge on any atom is 0.228 e. The molecule has 6 heteroatoms. The highest BCUT2D eigenvalue weighted by atomic mass is 35.5. The van der Waals surface area contributed by atoms with Gasteiger partial charge in [-0.15, -0.1) is 0 Å². The van der Waals surface area contributed by atoms with Crippen molar-refractivity contribution < 1.29 is 4.79 Å². The van der Waals surface area contributed by atoms with Gasteiger partial charge in [0.05, 0.1) is 40.8 Å². The Kier molecular flexibility index (Phi) is 4.12. The zero-order valence-corrected chi connectivity index (χ0v) is 15.3. The van der Waals surface area contributed by atoms with Gasteiger partial charge in [0.15, 0.2) is 0 Å². The van der Waals surface area contributed by atoms with Crippen LogP contribution in [0.4, 0.5) is 5.69 Å². The monoisotopic (exact) mass is 356 g/mol.